The molecule has 1 aliphatic heterocycles. The van der Waals surface area contributed by atoms with Gasteiger partial charge in [0.2, 0.25) is 0 Å². The van der Waals surface area contributed by atoms with Gasteiger partial charge in [-0.3, -0.25) is 0 Å². The van der Waals surface area contributed by atoms with Gasteiger partial charge in [0.25, 0.3) is 0 Å². The number of hydrogen-bond donors (Lipinski definition) is 1. The largest absolute Gasteiger partial charge is 0.508 e. The van der Waals surface area contributed by atoms with E-state index >= 15 is 0 Å². The lowest BCUT2D eigenvalue weighted by Gasteiger charge is -2.46. The van der Waals surface area contributed by atoms with Gasteiger partial charge in [-0.2, -0.15) is 0 Å². The van der Waals surface area contributed by atoms with E-state index in [1.807, 2.05) is 6.07 Å². The van der Waals surface area contributed by atoms with Crippen LogP contribution in [0.4, 0.5) is 0 Å². The van der Waals surface area contributed by atoms with Gasteiger partial charge in [0.15, 0.2) is 0 Å². The van der Waals surface area contributed by atoms with Gasteiger partial charge < -0.3 is 19.3 Å². The van der Waals surface area contributed by atoms with Crippen LogP contribution in [0, 0.1) is 23.7 Å². The van der Waals surface area contributed by atoms with Crippen molar-refractivity contribution in [2.24, 2.45) is 23.7 Å². The molecular weight excluding hydrogens is 592 g/mol. The van der Waals surface area contributed by atoms with Crippen LogP contribution in [0.15, 0.2) is 35.9 Å². The van der Waals surface area contributed by atoms with Crippen LogP contribution in [-0.2, 0) is 12.8 Å². The van der Waals surface area contributed by atoms with Gasteiger partial charge in [0.1, 0.15) is 41.8 Å². The molecule has 4 nitrogen and oxygen atoms in total. The van der Waals surface area contributed by atoms with E-state index in [2.05, 4.69) is 79.7 Å². The second kappa shape index (κ2) is 16.4. The summed E-state index contributed by atoms with van der Waals surface area (Å²) < 4.78 is 20.2. The molecule has 0 unspecified atom stereocenters. The molecule has 0 saturated heterocycles. The van der Waals surface area contributed by atoms with Gasteiger partial charge in [0.05, 0.1) is 0 Å². The average Bonchev–Trinajstić information content (AvgIpc) is 3.02. The number of phenols is 1. The van der Waals surface area contributed by atoms with E-state index in [0.29, 0.717) is 54.5 Å². The molecule has 1 N–H and O–H groups in total. The van der Waals surface area contributed by atoms with Gasteiger partial charge in [-0.05, 0) is 131 Å². The molecule has 266 valence electrons. The van der Waals surface area contributed by atoms with E-state index < -0.39 is 0 Å². The standard InChI is InChI=1S/C44H66O4/c1-9-11-13-15-32-25-38(45)42(35-23-30(5)17-19-34(35)29(3)4)39(26-32)46-21-22-47-40-27-33(16-14-12-10-2)28-41-43(40)36-24-31(6)18-20-37(36)44(7,8)48-41/h24-30,34-37,45H,9-23H2,1-8H3/t30-,34-,35+,36+,37+/m0/s1. The van der Waals surface area contributed by atoms with E-state index in [9.17, 15) is 5.11 Å². The average molecular weight is 659 g/mol. The highest BCUT2D eigenvalue weighted by Crippen LogP contribution is 2.54. The van der Waals surface area contributed by atoms with Crippen LogP contribution in [0.5, 0.6) is 23.0 Å². The van der Waals surface area contributed by atoms with Crippen molar-refractivity contribution < 1.29 is 19.3 Å². The number of hydrogen-bond acceptors (Lipinski definition) is 4. The number of rotatable bonds is 15. The summed E-state index contributed by atoms with van der Waals surface area (Å²) in [6, 6.07) is 8.83. The Hall–Kier alpha value is -2.62. The lowest BCUT2D eigenvalue weighted by atomic mass is 9.67. The highest BCUT2D eigenvalue weighted by Gasteiger charge is 2.45. The quantitative estimate of drug-likeness (QED) is 0.153. The van der Waals surface area contributed by atoms with Crippen LogP contribution >= 0.6 is 0 Å². The Kier molecular flexibility index (Phi) is 12.5. The van der Waals surface area contributed by atoms with Gasteiger partial charge >= 0.3 is 0 Å². The van der Waals surface area contributed by atoms with Gasteiger partial charge in [0, 0.05) is 23.0 Å². The topological polar surface area (TPSA) is 47.9 Å². The SMILES string of the molecule is CCCCCc1cc(OCCOc2cc(CCCCC)cc(O)c2[C@@H]2C[C@@H](C)CC[C@H]2C(C)C)c2c(c1)OC(C)(C)[C@@H]1CCC(C)=C[C@@H]21. The molecule has 1 fully saturated rings. The Labute approximate surface area is 293 Å². The summed E-state index contributed by atoms with van der Waals surface area (Å²) in [5.41, 5.74) is 5.94. The third kappa shape index (κ3) is 8.56. The van der Waals surface area contributed by atoms with Crippen molar-refractivity contribution in [1.29, 1.82) is 0 Å². The Morgan fingerprint density at radius 1 is 0.854 bits per heavy atom. The lowest BCUT2D eigenvalue weighted by Crippen LogP contribution is -2.45. The Morgan fingerprint density at radius 2 is 1.48 bits per heavy atom. The molecule has 2 aromatic rings. The number of ether oxygens (including phenoxy) is 3. The summed E-state index contributed by atoms with van der Waals surface area (Å²) >= 11 is 0. The van der Waals surface area contributed by atoms with Gasteiger partial charge in [-0.1, -0.05) is 78.4 Å². The van der Waals surface area contributed by atoms with E-state index in [1.54, 1.807) is 0 Å². The highest BCUT2D eigenvalue weighted by molar-refractivity contribution is 5.55. The molecule has 0 spiro atoms. The zero-order valence-electron chi connectivity index (χ0n) is 31.6. The van der Waals surface area contributed by atoms with Gasteiger partial charge in [-0.25, -0.2) is 0 Å². The fraction of sp³-hybridized carbons (Fsp3) is 0.682. The first-order valence-corrected chi connectivity index (χ1v) is 19.7. The van der Waals surface area contributed by atoms with E-state index in [0.717, 1.165) is 61.3 Å². The number of fused-ring (bicyclic) bond motifs is 3. The first kappa shape index (κ1) is 36.7. The van der Waals surface area contributed by atoms with Crippen molar-refractivity contribution in [3.8, 4) is 23.0 Å². The normalized spacial score (nSPS) is 24.8. The summed E-state index contributed by atoms with van der Waals surface area (Å²) in [6.07, 6.45) is 17.4. The van der Waals surface area contributed by atoms with E-state index in [1.165, 1.54) is 67.2 Å². The summed E-state index contributed by atoms with van der Waals surface area (Å²) in [7, 11) is 0. The minimum absolute atomic E-state index is 0.220. The maximum atomic E-state index is 11.6. The molecule has 1 heterocycles. The summed E-state index contributed by atoms with van der Waals surface area (Å²) in [5.74, 6) is 6.01. The molecule has 1 saturated carbocycles. The fourth-order valence-electron chi connectivity index (χ4n) is 9.12. The maximum Gasteiger partial charge on any atom is 0.127 e. The third-order valence-corrected chi connectivity index (χ3v) is 11.8. The number of benzene rings is 2. The first-order chi connectivity index (χ1) is 23.0. The Morgan fingerprint density at radius 3 is 2.10 bits per heavy atom. The second-order valence-electron chi connectivity index (χ2n) is 16.5. The molecule has 5 rings (SSSR count). The third-order valence-electron chi connectivity index (χ3n) is 11.8. The number of aryl methyl sites for hydroxylation is 2. The smallest absolute Gasteiger partial charge is 0.127 e. The Bertz CT molecular complexity index is 1390. The van der Waals surface area contributed by atoms with E-state index in [4.69, 9.17) is 14.2 Å². The monoisotopic (exact) mass is 658 g/mol. The first-order valence-electron chi connectivity index (χ1n) is 19.7. The van der Waals surface area contributed by atoms with Crippen molar-refractivity contribution in [1.82, 2.24) is 0 Å². The van der Waals surface area contributed by atoms with Crippen molar-refractivity contribution in [3.05, 3.63) is 58.2 Å². The van der Waals surface area contributed by atoms with Crippen LogP contribution in [0.25, 0.3) is 0 Å². The van der Waals surface area contributed by atoms with Crippen molar-refractivity contribution in [3.63, 3.8) is 0 Å². The number of unbranched alkanes of at least 4 members (excludes halogenated alkanes) is 4. The van der Waals surface area contributed by atoms with Crippen LogP contribution in [0.2, 0.25) is 0 Å². The number of phenolic OH excluding ortho intramolecular Hbond substituents is 1. The lowest BCUT2D eigenvalue weighted by molar-refractivity contribution is 0.0103. The molecule has 0 radical (unpaired) electrons. The summed E-state index contributed by atoms with van der Waals surface area (Å²) in [5, 5.41) is 11.6. The summed E-state index contributed by atoms with van der Waals surface area (Å²) in [4.78, 5) is 0. The Balaban J connectivity index is 1.41. The van der Waals surface area contributed by atoms with E-state index in [-0.39, 0.29) is 5.60 Å². The number of allylic oxidation sites excluding steroid dienone is 2. The molecular formula is C44H66O4. The molecule has 0 aromatic heterocycles. The number of aromatic hydroxyl groups is 1. The van der Waals surface area contributed by atoms with Crippen molar-refractivity contribution in [2.75, 3.05) is 13.2 Å². The van der Waals surface area contributed by atoms with Gasteiger partial charge in [-0.15, -0.1) is 0 Å². The summed E-state index contributed by atoms with van der Waals surface area (Å²) in [6.45, 7) is 19.2. The minimum Gasteiger partial charge on any atom is -0.508 e. The van der Waals surface area contributed by atoms with Crippen molar-refractivity contribution >= 4 is 0 Å². The van der Waals surface area contributed by atoms with Crippen molar-refractivity contribution in [2.45, 2.75) is 156 Å². The molecule has 5 atom stereocenters. The molecule has 3 aliphatic rings. The zero-order valence-corrected chi connectivity index (χ0v) is 31.6. The van der Waals surface area contributed by atoms with Crippen LogP contribution in [0.3, 0.4) is 0 Å². The zero-order chi connectivity index (χ0) is 34.4. The van der Waals surface area contributed by atoms with Crippen LogP contribution < -0.4 is 14.2 Å². The predicted octanol–water partition coefficient (Wildman–Crippen LogP) is 12.1. The van der Waals surface area contributed by atoms with Crippen LogP contribution in [-0.4, -0.2) is 23.9 Å². The minimum atomic E-state index is -0.220. The fourth-order valence-corrected chi connectivity index (χ4v) is 9.12. The molecule has 4 heteroatoms. The van der Waals surface area contributed by atoms with Crippen LogP contribution in [0.1, 0.15) is 160 Å². The molecule has 0 amide bonds. The highest BCUT2D eigenvalue weighted by atomic mass is 16.5. The predicted molar refractivity (Wildman–Crippen MR) is 200 cm³/mol. The molecule has 2 aliphatic carbocycles. The molecule has 0 bridgehead atoms. The maximum absolute atomic E-state index is 11.6. The molecule has 48 heavy (non-hydrogen) atoms. The second-order valence-corrected chi connectivity index (χ2v) is 16.5. The molecule has 2 aromatic carbocycles.